The minimum Gasteiger partial charge on any atom is -0.415 e. The van der Waals surface area contributed by atoms with Crippen molar-refractivity contribution in [3.05, 3.63) is 0 Å². The maximum Gasteiger partial charge on any atom is 0.362 e. The van der Waals surface area contributed by atoms with E-state index in [1.807, 2.05) is 6.55 Å². The van der Waals surface area contributed by atoms with Crippen LogP contribution in [0.5, 0.6) is 0 Å². The highest BCUT2D eigenvalue weighted by Crippen LogP contribution is 2.23. The average molecular weight is 350 g/mol. The number of rotatable bonds is 7. The van der Waals surface area contributed by atoms with Gasteiger partial charge in [0.15, 0.2) is 0 Å². The summed E-state index contributed by atoms with van der Waals surface area (Å²) < 4.78 is 24.1. The normalized spacial score (nSPS) is 22.6. The number of unbranched alkanes of at least 4 members (excludes halogenated alkanes) is 5. The van der Waals surface area contributed by atoms with Gasteiger partial charge in [0.1, 0.15) is 0 Å². The Kier molecular flexibility index (Phi) is 9.07. The molecule has 0 aromatic rings. The van der Waals surface area contributed by atoms with Crippen LogP contribution in [0.2, 0.25) is 32.2 Å². The van der Waals surface area contributed by atoms with Crippen molar-refractivity contribution in [3.8, 4) is 0 Å². The molecule has 4 nitrogen and oxygen atoms in total. The zero-order chi connectivity index (χ0) is 15.0. The summed E-state index contributed by atoms with van der Waals surface area (Å²) in [6, 6.07) is 1.07. The van der Waals surface area contributed by atoms with Crippen LogP contribution in [-0.4, -0.2) is 36.4 Å². The van der Waals surface area contributed by atoms with Crippen molar-refractivity contribution >= 4 is 36.4 Å². The van der Waals surface area contributed by atoms with Gasteiger partial charge in [0, 0.05) is 0 Å². The minimum atomic E-state index is -2.09. The molecule has 0 saturated carbocycles. The Balaban J connectivity index is 2.35. The fourth-order valence-corrected chi connectivity index (χ4v) is 14.4. The van der Waals surface area contributed by atoms with E-state index in [2.05, 4.69) is 26.6 Å². The Labute approximate surface area is 131 Å². The Morgan fingerprint density at radius 3 is 1.80 bits per heavy atom. The third-order valence-corrected chi connectivity index (χ3v) is 14.9. The van der Waals surface area contributed by atoms with Crippen molar-refractivity contribution in [2.75, 3.05) is 0 Å². The fraction of sp³-hybridized carbons (Fsp3) is 1.00. The largest absolute Gasteiger partial charge is 0.415 e. The van der Waals surface area contributed by atoms with E-state index >= 15 is 0 Å². The highest BCUT2D eigenvalue weighted by molar-refractivity contribution is 6.81. The van der Waals surface area contributed by atoms with Crippen LogP contribution in [0.15, 0.2) is 0 Å². The molecule has 8 heteroatoms. The zero-order valence-corrected chi connectivity index (χ0v) is 17.6. The van der Waals surface area contributed by atoms with Crippen LogP contribution >= 0.6 is 0 Å². The molecule has 0 aromatic heterocycles. The maximum atomic E-state index is 6.21. The molecule has 0 bridgehead atoms. The van der Waals surface area contributed by atoms with Crippen LogP contribution in [0.1, 0.15) is 45.4 Å². The van der Waals surface area contributed by atoms with Gasteiger partial charge in [0.2, 0.25) is 0 Å². The summed E-state index contributed by atoms with van der Waals surface area (Å²) in [5, 5.41) is 0. The lowest BCUT2D eigenvalue weighted by atomic mass is 10.1. The third kappa shape index (κ3) is 7.64. The molecular formula is C12H29O4Si4. The van der Waals surface area contributed by atoms with E-state index in [-0.39, 0.29) is 0 Å². The molecule has 3 radical (unpaired) electrons. The summed E-state index contributed by atoms with van der Waals surface area (Å²) in [6.07, 6.45) is 7.85. The minimum absolute atomic E-state index is 1.07. The van der Waals surface area contributed by atoms with Crippen molar-refractivity contribution < 1.29 is 16.5 Å². The van der Waals surface area contributed by atoms with Gasteiger partial charge in [0.25, 0.3) is 0 Å². The van der Waals surface area contributed by atoms with E-state index in [0.717, 1.165) is 6.04 Å². The standard InChI is InChI=1S/C12H29O4Si4/c1-6-7-8-9-10-11-12-20(5)15-18(3)13-17(2)14-19(4)16-20/h6-12H2,1-5H3. The molecule has 0 atom stereocenters. The van der Waals surface area contributed by atoms with E-state index in [1.165, 1.54) is 38.5 Å². The van der Waals surface area contributed by atoms with Crippen molar-refractivity contribution in [1.82, 2.24) is 0 Å². The van der Waals surface area contributed by atoms with Gasteiger partial charge in [-0.05, 0) is 32.2 Å². The molecule has 0 amide bonds. The Hall–Kier alpha value is 0.708. The smallest absolute Gasteiger partial charge is 0.362 e. The van der Waals surface area contributed by atoms with E-state index in [4.69, 9.17) is 16.5 Å². The monoisotopic (exact) mass is 349 g/mol. The summed E-state index contributed by atoms with van der Waals surface area (Å²) in [5.41, 5.74) is 0. The third-order valence-electron chi connectivity index (χ3n) is 3.28. The second kappa shape index (κ2) is 9.67. The zero-order valence-electron chi connectivity index (χ0n) is 13.6. The van der Waals surface area contributed by atoms with Crippen LogP contribution in [0, 0.1) is 0 Å². The highest BCUT2D eigenvalue weighted by Gasteiger charge is 2.40. The van der Waals surface area contributed by atoms with Crippen molar-refractivity contribution in [2.45, 2.75) is 77.7 Å². The average Bonchev–Trinajstić information content (AvgIpc) is 2.31. The predicted octanol–water partition coefficient (Wildman–Crippen LogP) is 3.85. The lowest BCUT2D eigenvalue weighted by Crippen LogP contribution is -2.52. The summed E-state index contributed by atoms with van der Waals surface area (Å²) in [4.78, 5) is 0. The molecule has 0 aliphatic carbocycles. The van der Waals surface area contributed by atoms with Gasteiger partial charge in [-0.1, -0.05) is 45.4 Å². The molecule has 117 valence electrons. The molecule has 0 unspecified atom stereocenters. The van der Waals surface area contributed by atoms with Gasteiger partial charge in [-0.25, -0.2) is 0 Å². The molecule has 1 rings (SSSR count). The van der Waals surface area contributed by atoms with Crippen molar-refractivity contribution in [1.29, 1.82) is 0 Å². The Morgan fingerprint density at radius 2 is 1.25 bits per heavy atom. The molecule has 0 spiro atoms. The predicted molar refractivity (Wildman–Crippen MR) is 89.0 cm³/mol. The summed E-state index contributed by atoms with van der Waals surface area (Å²) in [6.45, 7) is 10.6. The lowest BCUT2D eigenvalue weighted by molar-refractivity contribution is 0.273. The van der Waals surface area contributed by atoms with Gasteiger partial charge < -0.3 is 16.5 Å². The molecule has 1 saturated heterocycles. The molecule has 20 heavy (non-hydrogen) atoms. The van der Waals surface area contributed by atoms with Gasteiger partial charge in [0.05, 0.1) is 0 Å². The molecule has 1 aliphatic heterocycles. The second-order valence-electron chi connectivity index (χ2n) is 5.53. The maximum absolute atomic E-state index is 6.21. The molecule has 1 heterocycles. The van der Waals surface area contributed by atoms with E-state index in [1.54, 1.807) is 0 Å². The molecule has 1 fully saturated rings. The van der Waals surface area contributed by atoms with Crippen LogP contribution in [-0.2, 0) is 16.5 Å². The first-order chi connectivity index (χ1) is 9.45. The van der Waals surface area contributed by atoms with Gasteiger partial charge in [-0.15, -0.1) is 0 Å². The van der Waals surface area contributed by atoms with E-state index in [9.17, 15) is 0 Å². The summed E-state index contributed by atoms with van der Waals surface area (Å²) in [5.74, 6) is 0. The SMILES string of the molecule is CCCCCCCC[Si]1(C)O[Si](C)O[Si](C)O[Si](C)O1. The van der Waals surface area contributed by atoms with Crippen LogP contribution in [0.25, 0.3) is 0 Å². The van der Waals surface area contributed by atoms with Crippen LogP contribution in [0.3, 0.4) is 0 Å². The topological polar surface area (TPSA) is 36.9 Å². The summed E-state index contributed by atoms with van der Waals surface area (Å²) in [7, 11) is -5.67. The molecule has 1 aliphatic rings. The molecular weight excluding hydrogens is 320 g/mol. The number of hydrogen-bond donors (Lipinski definition) is 0. The quantitative estimate of drug-likeness (QED) is 0.517. The van der Waals surface area contributed by atoms with Crippen LogP contribution in [0.4, 0.5) is 0 Å². The first-order valence-electron chi connectivity index (χ1n) is 7.69. The lowest BCUT2D eigenvalue weighted by Gasteiger charge is -2.35. The van der Waals surface area contributed by atoms with Gasteiger partial charge >= 0.3 is 36.4 Å². The fourth-order valence-electron chi connectivity index (χ4n) is 2.42. The molecule has 0 N–H and O–H groups in total. The Morgan fingerprint density at radius 1 is 0.750 bits per heavy atom. The summed E-state index contributed by atoms with van der Waals surface area (Å²) >= 11 is 0. The van der Waals surface area contributed by atoms with Crippen molar-refractivity contribution in [2.24, 2.45) is 0 Å². The van der Waals surface area contributed by atoms with Crippen LogP contribution < -0.4 is 0 Å². The Bertz CT molecular complexity index is 256. The number of hydrogen-bond acceptors (Lipinski definition) is 4. The highest BCUT2D eigenvalue weighted by atomic mass is 28.5. The van der Waals surface area contributed by atoms with E-state index < -0.39 is 36.4 Å². The van der Waals surface area contributed by atoms with Gasteiger partial charge in [-0.2, -0.15) is 0 Å². The molecule has 0 aromatic carbocycles. The van der Waals surface area contributed by atoms with Gasteiger partial charge in [-0.3, -0.25) is 0 Å². The first kappa shape index (κ1) is 18.8. The second-order valence-corrected chi connectivity index (χ2v) is 14.5. The van der Waals surface area contributed by atoms with E-state index in [0.29, 0.717) is 0 Å². The first-order valence-corrected chi connectivity index (χ1v) is 15.7. The van der Waals surface area contributed by atoms with Crippen molar-refractivity contribution in [3.63, 3.8) is 0 Å².